The molecule has 1 aromatic carbocycles. The molecule has 1 rings (SSSR count). The molecule has 2 N–H and O–H groups in total. The second kappa shape index (κ2) is 14.2. The van der Waals surface area contributed by atoms with Crippen molar-refractivity contribution in [1.29, 1.82) is 0 Å². The highest BCUT2D eigenvalue weighted by Crippen LogP contribution is 2.31. The highest BCUT2D eigenvalue weighted by atomic mass is 16.7. The molecule has 0 amide bonds. The molecule has 0 heterocycles. The number of rotatable bonds is 12. The van der Waals surface area contributed by atoms with Crippen LogP contribution in [0.1, 0.15) is 53.0 Å². The zero-order chi connectivity index (χ0) is 25.8. The molecule has 10 heteroatoms. The summed E-state index contributed by atoms with van der Waals surface area (Å²) in [6, 6.07) is 3.60. The summed E-state index contributed by atoms with van der Waals surface area (Å²) >= 11 is 0. The molecule has 4 atom stereocenters. The zero-order valence-electron chi connectivity index (χ0n) is 20.6. The minimum atomic E-state index is -1.03. The Bertz CT molecular complexity index is 855. The van der Waals surface area contributed by atoms with E-state index in [0.717, 1.165) is 0 Å². The number of hydrogen-bond donors (Lipinski definition) is 1. The first kappa shape index (κ1) is 28.9. The molecule has 0 fully saturated rings. The van der Waals surface area contributed by atoms with Gasteiger partial charge in [-0.2, -0.15) is 0 Å². The molecule has 0 aromatic heterocycles. The van der Waals surface area contributed by atoms with E-state index in [9.17, 15) is 19.2 Å². The fraction of sp³-hybridized carbons (Fsp3) is 0.583. The molecule has 10 nitrogen and oxygen atoms in total. The largest absolute Gasteiger partial charge is 0.508 e. The van der Waals surface area contributed by atoms with E-state index in [-0.39, 0.29) is 36.4 Å². The Labute approximate surface area is 200 Å². The van der Waals surface area contributed by atoms with Gasteiger partial charge in [0.2, 0.25) is 0 Å². The van der Waals surface area contributed by atoms with Gasteiger partial charge in [0.25, 0.3) is 0 Å². The van der Waals surface area contributed by atoms with Gasteiger partial charge in [-0.05, 0) is 43.9 Å². The van der Waals surface area contributed by atoms with Gasteiger partial charge in [0.1, 0.15) is 18.8 Å². The molecule has 1 aromatic rings. The van der Waals surface area contributed by atoms with E-state index in [4.69, 9.17) is 24.7 Å². The molecule has 0 aliphatic rings. The Morgan fingerprint density at radius 2 is 1.44 bits per heavy atom. The average molecular weight is 482 g/mol. The van der Waals surface area contributed by atoms with Gasteiger partial charge >= 0.3 is 24.1 Å². The van der Waals surface area contributed by atoms with E-state index >= 15 is 0 Å². The highest BCUT2D eigenvalue weighted by molar-refractivity contribution is 5.79. The smallest absolute Gasteiger partial charge is 0.461 e. The lowest BCUT2D eigenvalue weighted by Crippen LogP contribution is -2.36. The van der Waals surface area contributed by atoms with E-state index < -0.39 is 36.2 Å². The predicted octanol–water partition coefficient (Wildman–Crippen LogP) is 3.17. The van der Waals surface area contributed by atoms with Crippen LogP contribution in [0.3, 0.4) is 0 Å². The minimum Gasteiger partial charge on any atom is -0.461 e. The zero-order valence-corrected chi connectivity index (χ0v) is 20.6. The van der Waals surface area contributed by atoms with Gasteiger partial charge in [-0.1, -0.05) is 33.8 Å². The quantitative estimate of drug-likeness (QED) is 0.349. The van der Waals surface area contributed by atoms with E-state index in [0.29, 0.717) is 18.4 Å². The van der Waals surface area contributed by atoms with Crippen LogP contribution in [0.4, 0.5) is 4.79 Å². The van der Waals surface area contributed by atoms with Crippen molar-refractivity contribution >= 4 is 24.1 Å². The number of ether oxygens (including phenoxy) is 5. The van der Waals surface area contributed by atoms with Crippen molar-refractivity contribution in [2.45, 2.75) is 66.0 Å². The number of esters is 3. The molecule has 0 radical (unpaired) electrons. The van der Waals surface area contributed by atoms with E-state index in [1.807, 2.05) is 13.8 Å². The van der Waals surface area contributed by atoms with E-state index in [1.54, 1.807) is 19.9 Å². The molecule has 0 saturated heterocycles. The van der Waals surface area contributed by atoms with Crippen molar-refractivity contribution < 1.29 is 42.9 Å². The van der Waals surface area contributed by atoms with Crippen LogP contribution in [0.2, 0.25) is 0 Å². The van der Waals surface area contributed by atoms with Gasteiger partial charge in [0.05, 0.1) is 18.9 Å². The van der Waals surface area contributed by atoms with Gasteiger partial charge in [-0.25, -0.2) is 4.79 Å². The fourth-order valence-corrected chi connectivity index (χ4v) is 2.48. The summed E-state index contributed by atoms with van der Waals surface area (Å²) in [6.45, 7) is 8.53. The van der Waals surface area contributed by atoms with Crippen molar-refractivity contribution in [1.82, 2.24) is 0 Å². The summed E-state index contributed by atoms with van der Waals surface area (Å²) in [5, 5.41) is 0. The molecule has 0 saturated carbocycles. The first-order valence-electron chi connectivity index (χ1n) is 11.2. The van der Waals surface area contributed by atoms with Gasteiger partial charge < -0.3 is 29.4 Å². The van der Waals surface area contributed by atoms with Gasteiger partial charge in [0.15, 0.2) is 11.5 Å². The maximum absolute atomic E-state index is 12.4. The van der Waals surface area contributed by atoms with Gasteiger partial charge in [-0.3, -0.25) is 14.4 Å². The average Bonchev–Trinajstić information content (AvgIpc) is 2.82. The van der Waals surface area contributed by atoms with Crippen LogP contribution in [0.25, 0.3) is 0 Å². The van der Waals surface area contributed by atoms with Crippen LogP contribution in [0, 0.1) is 11.8 Å². The van der Waals surface area contributed by atoms with Crippen molar-refractivity contribution in [3.63, 3.8) is 0 Å². The van der Waals surface area contributed by atoms with Crippen LogP contribution in [0.15, 0.2) is 18.2 Å². The monoisotopic (exact) mass is 481 g/mol. The topological polar surface area (TPSA) is 140 Å². The minimum absolute atomic E-state index is 0.0680. The van der Waals surface area contributed by atoms with Crippen molar-refractivity contribution in [2.24, 2.45) is 17.6 Å². The predicted molar refractivity (Wildman–Crippen MR) is 122 cm³/mol. The summed E-state index contributed by atoms with van der Waals surface area (Å²) in [5.74, 6) is -2.12. The first-order chi connectivity index (χ1) is 16.0. The van der Waals surface area contributed by atoms with Crippen LogP contribution < -0.4 is 15.2 Å². The lowest BCUT2D eigenvalue weighted by atomic mass is 10.1. The maximum atomic E-state index is 12.4. The Hall–Kier alpha value is -3.14. The maximum Gasteiger partial charge on any atom is 0.508 e. The van der Waals surface area contributed by atoms with Crippen molar-refractivity contribution in [3.05, 3.63) is 23.8 Å². The third-order valence-corrected chi connectivity index (χ3v) is 5.14. The highest BCUT2D eigenvalue weighted by Gasteiger charge is 2.23. The Morgan fingerprint density at radius 1 is 0.882 bits per heavy atom. The standard InChI is InChI=1S/C24H35NO9/c1-7-14(3)21(26)33-19-10-9-17(12-20(19)34-22(27)15(4)8-2)11-18(25)23(28)31-13-16(5)32-24(29)30-6/h9-10,12,14-16,18H,7-8,11,13,25H2,1-6H3/t14?,15?,16-,18-/m0/s1. The van der Waals surface area contributed by atoms with E-state index in [1.165, 1.54) is 26.2 Å². The molecule has 0 aliphatic carbocycles. The number of benzene rings is 1. The summed E-state index contributed by atoms with van der Waals surface area (Å²) in [6.07, 6.45) is -0.358. The normalized spacial score (nSPS) is 14.2. The van der Waals surface area contributed by atoms with E-state index in [2.05, 4.69) is 4.74 Å². The summed E-state index contributed by atoms with van der Waals surface area (Å²) < 4.78 is 25.2. The molecule has 0 spiro atoms. The molecule has 0 aliphatic heterocycles. The Balaban J connectivity index is 2.93. The molecule has 34 heavy (non-hydrogen) atoms. The number of hydrogen-bond acceptors (Lipinski definition) is 10. The van der Waals surface area contributed by atoms with Crippen LogP contribution in [-0.4, -0.2) is 49.9 Å². The molecular formula is C24H35NO9. The van der Waals surface area contributed by atoms with Crippen molar-refractivity contribution in [2.75, 3.05) is 13.7 Å². The first-order valence-corrected chi connectivity index (χ1v) is 11.2. The fourth-order valence-electron chi connectivity index (χ4n) is 2.48. The van der Waals surface area contributed by atoms with Gasteiger partial charge in [-0.15, -0.1) is 0 Å². The van der Waals surface area contributed by atoms with Crippen molar-refractivity contribution in [3.8, 4) is 11.5 Å². The summed E-state index contributed by atoms with van der Waals surface area (Å²) in [5.41, 5.74) is 6.53. The van der Waals surface area contributed by atoms with Crippen LogP contribution in [-0.2, 0) is 35.0 Å². The molecular weight excluding hydrogens is 446 g/mol. The van der Waals surface area contributed by atoms with Crippen LogP contribution >= 0.6 is 0 Å². The SMILES string of the molecule is CCC(C)C(=O)Oc1ccc(C[C@H](N)C(=O)OC[C@H](C)OC(=O)OC)cc1OC(=O)C(C)CC. The molecule has 2 unspecified atom stereocenters. The number of nitrogens with two attached hydrogens (primary N) is 1. The van der Waals surface area contributed by atoms with Crippen LogP contribution in [0.5, 0.6) is 11.5 Å². The van der Waals surface area contributed by atoms with Gasteiger partial charge in [0, 0.05) is 0 Å². The number of carbonyl (C=O) groups excluding carboxylic acids is 4. The number of carbonyl (C=O) groups is 4. The lowest BCUT2D eigenvalue weighted by molar-refractivity contribution is -0.148. The Kier molecular flexibility index (Phi) is 12.1. The molecule has 0 bridgehead atoms. The second-order valence-electron chi connectivity index (χ2n) is 8.07. The second-order valence-corrected chi connectivity index (χ2v) is 8.07. The lowest BCUT2D eigenvalue weighted by Gasteiger charge is -2.17. The summed E-state index contributed by atoms with van der Waals surface area (Å²) in [7, 11) is 1.17. The number of methoxy groups -OCH3 is 1. The summed E-state index contributed by atoms with van der Waals surface area (Å²) in [4.78, 5) is 47.9. The Morgan fingerprint density at radius 3 is 1.97 bits per heavy atom. The third kappa shape index (κ3) is 9.38. The molecule has 190 valence electrons. The third-order valence-electron chi connectivity index (χ3n) is 5.14.